The highest BCUT2D eigenvalue weighted by molar-refractivity contribution is 5.85. The van der Waals surface area contributed by atoms with E-state index in [0.29, 0.717) is 0 Å². The minimum Gasteiger partial charge on any atom is -0.477 e. The number of carboxylic acid groups (broad SMARTS) is 1. The number of rotatable bonds is 4. The highest BCUT2D eigenvalue weighted by Crippen LogP contribution is 2.27. The summed E-state index contributed by atoms with van der Waals surface area (Å²) in [7, 11) is 0. The van der Waals surface area contributed by atoms with E-state index in [1.165, 1.54) is 18.9 Å². The predicted molar refractivity (Wildman–Crippen MR) is 71.1 cm³/mol. The number of hydrogen-bond donors (Lipinski definition) is 1. The summed E-state index contributed by atoms with van der Waals surface area (Å²) in [6, 6.07) is 6.05. The third-order valence-electron chi connectivity index (χ3n) is 3.88. The smallest absolute Gasteiger partial charge is 0.354 e. The monoisotopic (exact) mass is 261 g/mol. The summed E-state index contributed by atoms with van der Waals surface area (Å²) in [4.78, 5) is 20.0. The van der Waals surface area contributed by atoms with Crippen molar-refractivity contribution in [3.05, 3.63) is 29.6 Å². The van der Waals surface area contributed by atoms with E-state index in [9.17, 15) is 4.79 Å². The molecule has 1 aromatic rings. The summed E-state index contributed by atoms with van der Waals surface area (Å²) in [5.74, 6) is -0.958. The summed E-state index contributed by atoms with van der Waals surface area (Å²) in [6.45, 7) is 5.11. The van der Waals surface area contributed by atoms with Gasteiger partial charge in [0.15, 0.2) is 0 Å². The van der Waals surface area contributed by atoms with Crippen molar-refractivity contribution in [3.63, 3.8) is 0 Å². The molecule has 1 saturated carbocycles. The Morgan fingerprint density at radius 3 is 2.63 bits per heavy atom. The van der Waals surface area contributed by atoms with E-state index in [4.69, 9.17) is 5.11 Å². The SMILES string of the molecule is O=C(O)c1cccc(CN2CCN(C3CC3)CC2)n1. The third kappa shape index (κ3) is 3.11. The molecule has 0 radical (unpaired) electrons. The molecule has 102 valence electrons. The van der Waals surface area contributed by atoms with Crippen LogP contribution in [0.1, 0.15) is 29.0 Å². The Morgan fingerprint density at radius 2 is 2.00 bits per heavy atom. The van der Waals surface area contributed by atoms with Crippen molar-refractivity contribution in [1.29, 1.82) is 0 Å². The van der Waals surface area contributed by atoms with Gasteiger partial charge in [0.1, 0.15) is 5.69 Å². The Labute approximate surface area is 112 Å². The van der Waals surface area contributed by atoms with Crippen LogP contribution in [0.2, 0.25) is 0 Å². The summed E-state index contributed by atoms with van der Waals surface area (Å²) in [6.07, 6.45) is 2.73. The predicted octanol–water partition coefficient (Wildman–Crippen LogP) is 1.06. The van der Waals surface area contributed by atoms with Crippen molar-refractivity contribution in [2.24, 2.45) is 0 Å². The van der Waals surface area contributed by atoms with Gasteiger partial charge < -0.3 is 5.11 Å². The van der Waals surface area contributed by atoms with Crippen LogP contribution in [0.5, 0.6) is 0 Å². The quantitative estimate of drug-likeness (QED) is 0.878. The van der Waals surface area contributed by atoms with Crippen LogP contribution in [0.15, 0.2) is 18.2 Å². The van der Waals surface area contributed by atoms with Gasteiger partial charge in [-0.3, -0.25) is 9.80 Å². The normalized spacial score (nSPS) is 21.5. The molecule has 3 rings (SSSR count). The van der Waals surface area contributed by atoms with Crippen LogP contribution in [0, 0.1) is 0 Å². The van der Waals surface area contributed by atoms with Crippen molar-refractivity contribution in [2.45, 2.75) is 25.4 Å². The van der Waals surface area contributed by atoms with E-state index >= 15 is 0 Å². The van der Waals surface area contributed by atoms with Crippen LogP contribution in [0.25, 0.3) is 0 Å². The Bertz CT molecular complexity index is 466. The standard InChI is InChI=1S/C14H19N3O2/c18-14(19)13-3-1-2-11(15-13)10-16-6-8-17(9-7-16)12-4-5-12/h1-3,12H,4-10H2,(H,18,19). The summed E-state index contributed by atoms with van der Waals surface area (Å²) in [5, 5.41) is 8.94. The molecule has 0 bridgehead atoms. The van der Waals surface area contributed by atoms with Crippen molar-refractivity contribution >= 4 is 5.97 Å². The molecule has 1 aromatic heterocycles. The lowest BCUT2D eigenvalue weighted by atomic mass is 10.2. The Hall–Kier alpha value is -1.46. The molecule has 0 unspecified atom stereocenters. The van der Waals surface area contributed by atoms with Crippen LogP contribution in [-0.2, 0) is 6.54 Å². The fraction of sp³-hybridized carbons (Fsp3) is 0.571. The van der Waals surface area contributed by atoms with Crippen LogP contribution >= 0.6 is 0 Å². The number of carboxylic acids is 1. The molecule has 19 heavy (non-hydrogen) atoms. The van der Waals surface area contributed by atoms with Gasteiger partial charge in [0.25, 0.3) is 0 Å². The number of nitrogens with zero attached hydrogens (tertiary/aromatic N) is 3. The molecule has 0 spiro atoms. The first-order chi connectivity index (χ1) is 9.22. The van der Waals surface area contributed by atoms with Gasteiger partial charge in [-0.1, -0.05) is 6.07 Å². The molecule has 5 heteroatoms. The lowest BCUT2D eigenvalue weighted by Crippen LogP contribution is -2.46. The molecule has 1 aliphatic heterocycles. The number of pyridine rings is 1. The molecular formula is C14H19N3O2. The van der Waals surface area contributed by atoms with Crippen molar-refractivity contribution < 1.29 is 9.90 Å². The molecule has 0 atom stereocenters. The van der Waals surface area contributed by atoms with Crippen molar-refractivity contribution in [1.82, 2.24) is 14.8 Å². The highest BCUT2D eigenvalue weighted by Gasteiger charge is 2.31. The first-order valence-corrected chi connectivity index (χ1v) is 6.88. The second-order valence-corrected chi connectivity index (χ2v) is 5.36. The third-order valence-corrected chi connectivity index (χ3v) is 3.88. The fourth-order valence-corrected chi connectivity index (χ4v) is 2.64. The molecule has 1 N–H and O–H groups in total. The zero-order valence-corrected chi connectivity index (χ0v) is 11.0. The van der Waals surface area contributed by atoms with Gasteiger partial charge in [-0.15, -0.1) is 0 Å². The van der Waals surface area contributed by atoms with Gasteiger partial charge in [0.05, 0.1) is 5.69 Å². The topological polar surface area (TPSA) is 56.7 Å². The second kappa shape index (κ2) is 5.27. The number of aromatic nitrogens is 1. The summed E-state index contributed by atoms with van der Waals surface area (Å²) < 4.78 is 0. The second-order valence-electron chi connectivity index (χ2n) is 5.36. The zero-order chi connectivity index (χ0) is 13.2. The molecular weight excluding hydrogens is 242 g/mol. The number of hydrogen-bond acceptors (Lipinski definition) is 4. The molecule has 2 aliphatic rings. The number of aromatic carboxylic acids is 1. The van der Waals surface area contributed by atoms with Gasteiger partial charge in [0.2, 0.25) is 0 Å². The molecule has 2 heterocycles. The molecule has 1 aliphatic carbocycles. The minimum atomic E-state index is -0.958. The maximum atomic E-state index is 10.9. The zero-order valence-electron chi connectivity index (χ0n) is 11.0. The maximum absolute atomic E-state index is 10.9. The Morgan fingerprint density at radius 1 is 1.26 bits per heavy atom. The van der Waals surface area contributed by atoms with E-state index in [-0.39, 0.29) is 5.69 Å². The van der Waals surface area contributed by atoms with Crippen LogP contribution in [0.4, 0.5) is 0 Å². The van der Waals surface area contributed by atoms with Crippen molar-refractivity contribution in [3.8, 4) is 0 Å². The van der Waals surface area contributed by atoms with Crippen molar-refractivity contribution in [2.75, 3.05) is 26.2 Å². The minimum absolute atomic E-state index is 0.133. The largest absolute Gasteiger partial charge is 0.477 e. The van der Waals surface area contributed by atoms with Gasteiger partial charge >= 0.3 is 5.97 Å². The maximum Gasteiger partial charge on any atom is 0.354 e. The summed E-state index contributed by atoms with van der Waals surface area (Å²) >= 11 is 0. The average molecular weight is 261 g/mol. The van der Waals surface area contributed by atoms with Gasteiger partial charge in [-0.2, -0.15) is 0 Å². The number of carbonyl (C=O) groups is 1. The Kier molecular flexibility index (Phi) is 3.48. The fourth-order valence-electron chi connectivity index (χ4n) is 2.64. The van der Waals surface area contributed by atoms with E-state index in [0.717, 1.165) is 44.5 Å². The lowest BCUT2D eigenvalue weighted by Gasteiger charge is -2.34. The van der Waals surface area contributed by atoms with Crippen LogP contribution in [0.3, 0.4) is 0 Å². The van der Waals surface area contributed by atoms with Gasteiger partial charge in [-0.25, -0.2) is 9.78 Å². The average Bonchev–Trinajstić information content (AvgIpc) is 3.24. The highest BCUT2D eigenvalue weighted by atomic mass is 16.4. The number of piperazine rings is 1. The van der Waals surface area contributed by atoms with Crippen LogP contribution in [-0.4, -0.2) is 58.1 Å². The molecule has 0 aromatic carbocycles. The van der Waals surface area contributed by atoms with E-state index in [1.807, 2.05) is 6.07 Å². The molecule has 2 fully saturated rings. The van der Waals surface area contributed by atoms with Gasteiger partial charge in [0, 0.05) is 38.8 Å². The molecule has 5 nitrogen and oxygen atoms in total. The summed E-state index contributed by atoms with van der Waals surface area (Å²) in [5.41, 5.74) is 0.980. The van der Waals surface area contributed by atoms with E-state index in [2.05, 4.69) is 14.8 Å². The van der Waals surface area contributed by atoms with Crippen LogP contribution < -0.4 is 0 Å². The molecule has 1 saturated heterocycles. The first-order valence-electron chi connectivity index (χ1n) is 6.88. The van der Waals surface area contributed by atoms with E-state index < -0.39 is 5.97 Å². The Balaban J connectivity index is 1.56. The lowest BCUT2D eigenvalue weighted by molar-refractivity contribution is 0.0689. The molecule has 0 amide bonds. The first kappa shape index (κ1) is 12.6. The van der Waals surface area contributed by atoms with Gasteiger partial charge in [-0.05, 0) is 25.0 Å². The van der Waals surface area contributed by atoms with E-state index in [1.54, 1.807) is 6.07 Å².